The lowest BCUT2D eigenvalue weighted by molar-refractivity contribution is -0.00649. The van der Waals surface area contributed by atoms with Crippen molar-refractivity contribution in [1.29, 1.82) is 0 Å². The normalized spacial score (nSPS) is 28.1. The van der Waals surface area contributed by atoms with Crippen molar-refractivity contribution in [2.45, 2.75) is 63.5 Å². The average Bonchev–Trinajstić information content (AvgIpc) is 3.09. The smallest absolute Gasteiger partial charge is 0.0472 e. The van der Waals surface area contributed by atoms with Gasteiger partial charge < -0.3 is 15.0 Å². The average molecular weight is 266 g/mol. The van der Waals surface area contributed by atoms with Crippen LogP contribution in [0.5, 0.6) is 0 Å². The zero-order chi connectivity index (χ0) is 13.1. The van der Waals surface area contributed by atoms with Crippen molar-refractivity contribution in [3.05, 3.63) is 0 Å². The number of rotatable bonds is 6. The molecule has 3 aliphatic rings. The van der Waals surface area contributed by atoms with Crippen molar-refractivity contribution < 1.29 is 4.74 Å². The van der Waals surface area contributed by atoms with Gasteiger partial charge in [-0.3, -0.25) is 0 Å². The molecule has 0 radical (unpaired) electrons. The Kier molecular flexibility index (Phi) is 4.45. The Bertz CT molecular complexity index is 278. The van der Waals surface area contributed by atoms with Gasteiger partial charge in [0.2, 0.25) is 0 Å². The summed E-state index contributed by atoms with van der Waals surface area (Å²) >= 11 is 0. The van der Waals surface area contributed by atoms with E-state index in [1.54, 1.807) is 0 Å². The second-order valence-corrected chi connectivity index (χ2v) is 7.12. The molecular formula is C16H30N2O. The summed E-state index contributed by atoms with van der Waals surface area (Å²) in [5, 5.41) is 3.78. The second kappa shape index (κ2) is 6.11. The summed E-state index contributed by atoms with van der Waals surface area (Å²) in [6.07, 6.45) is 11.0. The molecule has 3 fully saturated rings. The fourth-order valence-corrected chi connectivity index (χ4v) is 3.85. The van der Waals surface area contributed by atoms with Crippen LogP contribution < -0.4 is 5.32 Å². The number of nitrogens with one attached hydrogen (secondary N) is 1. The van der Waals surface area contributed by atoms with E-state index in [2.05, 4.69) is 17.3 Å². The third-order valence-corrected chi connectivity index (χ3v) is 5.43. The van der Waals surface area contributed by atoms with Gasteiger partial charge in [-0.25, -0.2) is 0 Å². The maximum Gasteiger partial charge on any atom is 0.0472 e. The topological polar surface area (TPSA) is 24.5 Å². The van der Waals surface area contributed by atoms with E-state index in [0.717, 1.165) is 25.3 Å². The van der Waals surface area contributed by atoms with Crippen LogP contribution in [-0.2, 0) is 4.74 Å². The Labute approximate surface area is 118 Å². The van der Waals surface area contributed by atoms with Gasteiger partial charge in [-0.15, -0.1) is 0 Å². The highest BCUT2D eigenvalue weighted by molar-refractivity contribution is 4.92. The number of hydrogen-bond acceptors (Lipinski definition) is 3. The van der Waals surface area contributed by atoms with Crippen LogP contribution in [0.3, 0.4) is 0 Å². The van der Waals surface area contributed by atoms with Crippen LogP contribution in [0.25, 0.3) is 0 Å². The molecule has 2 saturated carbocycles. The van der Waals surface area contributed by atoms with Crippen LogP contribution in [0.4, 0.5) is 0 Å². The van der Waals surface area contributed by atoms with E-state index in [1.807, 2.05) is 0 Å². The molecule has 2 aliphatic carbocycles. The Morgan fingerprint density at radius 2 is 1.79 bits per heavy atom. The van der Waals surface area contributed by atoms with Crippen molar-refractivity contribution in [1.82, 2.24) is 10.2 Å². The van der Waals surface area contributed by atoms with E-state index in [1.165, 1.54) is 64.5 Å². The molecule has 1 N–H and O–H groups in total. The van der Waals surface area contributed by atoms with Crippen LogP contribution in [0, 0.1) is 5.41 Å². The molecule has 0 aromatic heterocycles. The van der Waals surface area contributed by atoms with Gasteiger partial charge in [0, 0.05) is 38.4 Å². The second-order valence-electron chi connectivity index (χ2n) is 7.12. The first-order valence-electron chi connectivity index (χ1n) is 8.29. The summed E-state index contributed by atoms with van der Waals surface area (Å²) in [5.74, 6) is 0. The summed E-state index contributed by atoms with van der Waals surface area (Å²) in [6, 6.07) is 1.68. The lowest BCUT2D eigenvalue weighted by Crippen LogP contribution is -2.48. The Morgan fingerprint density at radius 1 is 1.11 bits per heavy atom. The fraction of sp³-hybridized carbons (Fsp3) is 1.00. The van der Waals surface area contributed by atoms with Gasteiger partial charge in [0.05, 0.1) is 0 Å². The highest BCUT2D eigenvalue weighted by Crippen LogP contribution is 2.34. The van der Waals surface area contributed by atoms with Crippen molar-refractivity contribution >= 4 is 0 Å². The van der Waals surface area contributed by atoms with Crippen molar-refractivity contribution in [3.8, 4) is 0 Å². The quantitative estimate of drug-likeness (QED) is 0.799. The Hall–Kier alpha value is -0.120. The lowest BCUT2D eigenvalue weighted by atomic mass is 9.79. The van der Waals surface area contributed by atoms with Gasteiger partial charge in [-0.1, -0.05) is 12.8 Å². The van der Waals surface area contributed by atoms with E-state index in [4.69, 9.17) is 4.74 Å². The van der Waals surface area contributed by atoms with Gasteiger partial charge in [-0.2, -0.15) is 0 Å². The van der Waals surface area contributed by atoms with Crippen LogP contribution in [0.2, 0.25) is 0 Å². The van der Waals surface area contributed by atoms with Crippen LogP contribution in [0.1, 0.15) is 51.4 Å². The molecule has 1 aliphatic heterocycles. The van der Waals surface area contributed by atoms with Gasteiger partial charge in [-0.05, 0) is 51.0 Å². The summed E-state index contributed by atoms with van der Waals surface area (Å²) < 4.78 is 5.61. The van der Waals surface area contributed by atoms with Crippen LogP contribution >= 0.6 is 0 Å². The van der Waals surface area contributed by atoms with Crippen LogP contribution in [0.15, 0.2) is 0 Å². The van der Waals surface area contributed by atoms with Gasteiger partial charge >= 0.3 is 0 Å². The molecule has 19 heavy (non-hydrogen) atoms. The summed E-state index contributed by atoms with van der Waals surface area (Å²) in [4.78, 5) is 2.66. The summed E-state index contributed by atoms with van der Waals surface area (Å²) in [6.45, 7) is 4.40. The summed E-state index contributed by atoms with van der Waals surface area (Å²) in [5.41, 5.74) is 0.470. The minimum Gasteiger partial charge on any atom is -0.381 e. The Balaban J connectivity index is 1.56. The molecular weight excluding hydrogens is 236 g/mol. The molecule has 0 unspecified atom stereocenters. The molecule has 3 heteroatoms. The SMILES string of the molecule is CN(CC1(CNC2CC2)CCOCC1)C1CCCC1. The molecule has 0 spiro atoms. The molecule has 0 atom stereocenters. The maximum absolute atomic E-state index is 5.61. The van der Waals surface area contributed by atoms with Crippen molar-refractivity contribution in [2.75, 3.05) is 33.4 Å². The third-order valence-electron chi connectivity index (χ3n) is 5.43. The molecule has 3 nitrogen and oxygen atoms in total. The molecule has 110 valence electrons. The third kappa shape index (κ3) is 3.71. The maximum atomic E-state index is 5.61. The number of ether oxygens (including phenoxy) is 1. The van der Waals surface area contributed by atoms with E-state index >= 15 is 0 Å². The molecule has 0 aromatic carbocycles. The predicted molar refractivity (Wildman–Crippen MR) is 78.4 cm³/mol. The number of hydrogen-bond donors (Lipinski definition) is 1. The molecule has 1 heterocycles. The van der Waals surface area contributed by atoms with Gasteiger partial charge in [0.1, 0.15) is 0 Å². The fourth-order valence-electron chi connectivity index (χ4n) is 3.85. The first-order valence-corrected chi connectivity index (χ1v) is 8.29. The van der Waals surface area contributed by atoms with Crippen LogP contribution in [-0.4, -0.2) is 50.3 Å². The zero-order valence-electron chi connectivity index (χ0n) is 12.5. The van der Waals surface area contributed by atoms with Gasteiger partial charge in [0.25, 0.3) is 0 Å². The molecule has 3 rings (SSSR count). The largest absolute Gasteiger partial charge is 0.381 e. The van der Waals surface area contributed by atoms with E-state index in [0.29, 0.717) is 5.41 Å². The monoisotopic (exact) mass is 266 g/mol. The van der Waals surface area contributed by atoms with Crippen molar-refractivity contribution in [3.63, 3.8) is 0 Å². The highest BCUT2D eigenvalue weighted by Gasteiger charge is 2.37. The van der Waals surface area contributed by atoms with E-state index < -0.39 is 0 Å². The minimum absolute atomic E-state index is 0.470. The molecule has 1 saturated heterocycles. The lowest BCUT2D eigenvalue weighted by Gasteiger charge is -2.42. The van der Waals surface area contributed by atoms with Crippen molar-refractivity contribution in [2.24, 2.45) is 5.41 Å². The number of nitrogens with zero attached hydrogens (tertiary/aromatic N) is 1. The highest BCUT2D eigenvalue weighted by atomic mass is 16.5. The predicted octanol–water partition coefficient (Wildman–Crippen LogP) is 2.41. The standard InChI is InChI=1S/C16H30N2O/c1-18(15-4-2-3-5-15)13-16(8-10-19-11-9-16)12-17-14-6-7-14/h14-15,17H,2-13H2,1H3. The summed E-state index contributed by atoms with van der Waals surface area (Å²) in [7, 11) is 2.35. The van der Waals surface area contributed by atoms with E-state index in [-0.39, 0.29) is 0 Å². The molecule has 0 amide bonds. The molecule has 0 aromatic rings. The first-order chi connectivity index (χ1) is 9.27. The van der Waals surface area contributed by atoms with Gasteiger partial charge in [0.15, 0.2) is 0 Å². The van der Waals surface area contributed by atoms with E-state index in [9.17, 15) is 0 Å². The zero-order valence-corrected chi connectivity index (χ0v) is 12.5. The first kappa shape index (κ1) is 13.8. The Morgan fingerprint density at radius 3 is 2.42 bits per heavy atom. The minimum atomic E-state index is 0.470. The molecule has 0 bridgehead atoms.